The second-order valence-electron chi connectivity index (χ2n) is 8.86. The standard InChI is InChI=1S/C28H30ClNO6/c1-6-36-28(32)24-15(2)30-20-11-17(16-7-9-19(29)10-8-16)12-21(31)26(20)25(24)18-13-22(33-3)27(35-5)23(14-18)34-4/h7-10,13-14,17,24-25H,6,11-12H2,1-5H3/t17-,24?,25-/m1/s1. The molecule has 0 saturated carbocycles. The summed E-state index contributed by atoms with van der Waals surface area (Å²) in [6, 6.07) is 11.1. The molecule has 2 aliphatic rings. The maximum Gasteiger partial charge on any atom is 0.315 e. The Hall–Kier alpha value is -3.32. The summed E-state index contributed by atoms with van der Waals surface area (Å²) in [7, 11) is 4.59. The monoisotopic (exact) mass is 511 g/mol. The smallest absolute Gasteiger partial charge is 0.315 e. The van der Waals surface area contributed by atoms with Crippen molar-refractivity contribution >= 4 is 29.1 Å². The molecule has 3 atom stereocenters. The fourth-order valence-electron chi connectivity index (χ4n) is 5.21. The van der Waals surface area contributed by atoms with E-state index in [1.165, 1.54) is 21.3 Å². The Bertz CT molecular complexity index is 1210. The zero-order valence-corrected chi connectivity index (χ0v) is 21.8. The van der Waals surface area contributed by atoms with Crippen molar-refractivity contribution in [3.63, 3.8) is 0 Å². The van der Waals surface area contributed by atoms with Crippen LogP contribution in [-0.2, 0) is 14.3 Å². The van der Waals surface area contributed by atoms with E-state index < -0.39 is 17.8 Å². The predicted molar refractivity (Wildman–Crippen MR) is 138 cm³/mol. The number of Topliss-reactive ketones (excluding diaryl/α,β-unsaturated/α-hetero) is 1. The SMILES string of the molecule is CCOC(=O)C1C(C)=NC2=C(C(=O)C[C@H](c3ccc(Cl)cc3)C2)[C@@H]1c1cc(OC)c(OC)c(OC)c1. The molecule has 4 rings (SSSR count). The minimum Gasteiger partial charge on any atom is -0.493 e. The molecule has 2 aromatic carbocycles. The fraction of sp³-hybridized carbons (Fsp3) is 0.393. The van der Waals surface area contributed by atoms with Crippen LogP contribution in [0.2, 0.25) is 5.02 Å². The Labute approximate surface area is 216 Å². The van der Waals surface area contributed by atoms with Gasteiger partial charge in [-0.25, -0.2) is 0 Å². The molecule has 1 aliphatic carbocycles. The number of rotatable bonds is 7. The Morgan fingerprint density at radius 2 is 1.64 bits per heavy atom. The van der Waals surface area contributed by atoms with Crippen LogP contribution in [0.25, 0.3) is 0 Å². The van der Waals surface area contributed by atoms with Gasteiger partial charge in [0.25, 0.3) is 0 Å². The summed E-state index contributed by atoms with van der Waals surface area (Å²) in [5.41, 5.74) is 3.57. The number of carbonyl (C=O) groups excluding carboxylic acids is 2. The molecule has 8 heteroatoms. The van der Waals surface area contributed by atoms with Crippen LogP contribution in [-0.4, -0.2) is 45.4 Å². The van der Waals surface area contributed by atoms with Crippen molar-refractivity contribution < 1.29 is 28.5 Å². The third-order valence-corrected chi connectivity index (χ3v) is 7.07. The van der Waals surface area contributed by atoms with Gasteiger partial charge in [-0.2, -0.15) is 0 Å². The van der Waals surface area contributed by atoms with Crippen LogP contribution in [0.3, 0.4) is 0 Å². The topological polar surface area (TPSA) is 83.4 Å². The van der Waals surface area contributed by atoms with Gasteiger partial charge in [0.15, 0.2) is 17.3 Å². The molecular weight excluding hydrogens is 482 g/mol. The summed E-state index contributed by atoms with van der Waals surface area (Å²) in [5, 5.41) is 0.645. The number of ether oxygens (including phenoxy) is 4. The highest BCUT2D eigenvalue weighted by molar-refractivity contribution is 6.30. The van der Waals surface area contributed by atoms with Crippen LogP contribution in [0, 0.1) is 5.92 Å². The molecule has 1 aliphatic heterocycles. The largest absolute Gasteiger partial charge is 0.493 e. The molecule has 0 fully saturated rings. The third kappa shape index (κ3) is 4.72. The summed E-state index contributed by atoms with van der Waals surface area (Å²) >= 11 is 6.07. The highest BCUT2D eigenvalue weighted by Gasteiger charge is 2.45. The highest BCUT2D eigenvalue weighted by atomic mass is 35.5. The molecule has 190 valence electrons. The van der Waals surface area contributed by atoms with Gasteiger partial charge in [-0.1, -0.05) is 23.7 Å². The number of aliphatic imine (C=N–C) groups is 1. The number of benzene rings is 2. The van der Waals surface area contributed by atoms with Gasteiger partial charge in [-0.05, 0) is 61.6 Å². The average molecular weight is 512 g/mol. The van der Waals surface area contributed by atoms with Gasteiger partial charge >= 0.3 is 5.97 Å². The van der Waals surface area contributed by atoms with E-state index in [2.05, 4.69) is 0 Å². The minimum absolute atomic E-state index is 0.0233. The van der Waals surface area contributed by atoms with Crippen LogP contribution in [0.15, 0.2) is 52.7 Å². The molecule has 1 unspecified atom stereocenters. The van der Waals surface area contributed by atoms with Crippen molar-refractivity contribution in [3.05, 3.63) is 63.8 Å². The zero-order chi connectivity index (χ0) is 26.0. The number of ketones is 1. The van der Waals surface area contributed by atoms with E-state index in [-0.39, 0.29) is 18.3 Å². The second kappa shape index (κ2) is 10.7. The normalized spacial score (nSPS) is 21.4. The predicted octanol–water partition coefficient (Wildman–Crippen LogP) is 5.50. The molecule has 36 heavy (non-hydrogen) atoms. The maximum absolute atomic E-state index is 13.7. The molecule has 0 radical (unpaired) electrons. The van der Waals surface area contributed by atoms with Gasteiger partial charge in [0.05, 0.1) is 27.9 Å². The van der Waals surface area contributed by atoms with Crippen LogP contribution >= 0.6 is 11.6 Å². The number of halogens is 1. The van der Waals surface area contributed by atoms with Gasteiger partial charge in [0.2, 0.25) is 5.75 Å². The Balaban J connectivity index is 1.87. The Kier molecular flexibility index (Phi) is 7.69. The fourth-order valence-corrected chi connectivity index (χ4v) is 5.33. The summed E-state index contributed by atoms with van der Waals surface area (Å²) in [4.78, 5) is 31.7. The second-order valence-corrected chi connectivity index (χ2v) is 9.30. The quantitative estimate of drug-likeness (QED) is 0.456. The summed E-state index contributed by atoms with van der Waals surface area (Å²) in [6.07, 6.45) is 0.891. The molecule has 0 spiro atoms. The average Bonchev–Trinajstić information content (AvgIpc) is 2.87. The molecule has 0 bridgehead atoms. The van der Waals surface area contributed by atoms with E-state index in [0.29, 0.717) is 57.7 Å². The first-order chi connectivity index (χ1) is 17.3. The van der Waals surface area contributed by atoms with Crippen LogP contribution in [0.5, 0.6) is 17.2 Å². The number of methoxy groups -OCH3 is 3. The van der Waals surface area contributed by atoms with Crippen LogP contribution < -0.4 is 14.2 Å². The third-order valence-electron chi connectivity index (χ3n) is 6.82. The van der Waals surface area contributed by atoms with Crippen molar-refractivity contribution in [1.29, 1.82) is 0 Å². The molecule has 0 saturated heterocycles. The first kappa shape index (κ1) is 25.8. The van der Waals surface area contributed by atoms with Crippen molar-refractivity contribution in [2.24, 2.45) is 10.9 Å². The lowest BCUT2D eigenvalue weighted by molar-refractivity contribution is -0.146. The van der Waals surface area contributed by atoms with Crippen LogP contribution in [0.4, 0.5) is 0 Å². The number of hydrogen-bond acceptors (Lipinski definition) is 7. The zero-order valence-electron chi connectivity index (χ0n) is 21.1. The lowest BCUT2D eigenvalue weighted by Gasteiger charge is -2.36. The molecule has 1 heterocycles. The Morgan fingerprint density at radius 1 is 1.00 bits per heavy atom. The van der Waals surface area contributed by atoms with Gasteiger partial charge in [-0.3, -0.25) is 14.6 Å². The number of carbonyl (C=O) groups is 2. The van der Waals surface area contributed by atoms with E-state index in [0.717, 1.165) is 5.56 Å². The summed E-state index contributed by atoms with van der Waals surface area (Å²) in [5.74, 6) is -0.504. The summed E-state index contributed by atoms with van der Waals surface area (Å²) < 4.78 is 22.0. The lowest BCUT2D eigenvalue weighted by atomic mass is 9.69. The first-order valence-corrected chi connectivity index (χ1v) is 12.2. The molecule has 0 amide bonds. The number of nitrogens with zero attached hydrogens (tertiary/aromatic N) is 1. The van der Waals surface area contributed by atoms with Crippen molar-refractivity contribution in [3.8, 4) is 17.2 Å². The number of esters is 1. The minimum atomic E-state index is -0.748. The van der Waals surface area contributed by atoms with E-state index in [4.69, 9.17) is 35.5 Å². The summed E-state index contributed by atoms with van der Waals surface area (Å²) in [6.45, 7) is 3.80. The van der Waals surface area contributed by atoms with E-state index in [9.17, 15) is 9.59 Å². The van der Waals surface area contributed by atoms with E-state index >= 15 is 0 Å². The highest BCUT2D eigenvalue weighted by Crippen LogP contribution is 2.49. The van der Waals surface area contributed by atoms with Crippen molar-refractivity contribution in [2.45, 2.75) is 38.5 Å². The first-order valence-electron chi connectivity index (χ1n) is 11.9. The maximum atomic E-state index is 13.7. The molecule has 2 aromatic rings. The van der Waals surface area contributed by atoms with Crippen molar-refractivity contribution in [1.82, 2.24) is 0 Å². The Morgan fingerprint density at radius 3 is 2.19 bits per heavy atom. The van der Waals surface area contributed by atoms with Gasteiger partial charge in [0.1, 0.15) is 5.92 Å². The van der Waals surface area contributed by atoms with Gasteiger partial charge in [-0.15, -0.1) is 0 Å². The molecule has 0 N–H and O–H groups in total. The van der Waals surface area contributed by atoms with Crippen LogP contribution in [0.1, 0.15) is 49.7 Å². The number of hydrogen-bond donors (Lipinski definition) is 0. The molecule has 7 nitrogen and oxygen atoms in total. The van der Waals surface area contributed by atoms with Gasteiger partial charge in [0, 0.05) is 34.3 Å². The van der Waals surface area contributed by atoms with E-state index in [1.807, 2.05) is 31.2 Å². The molecule has 0 aromatic heterocycles. The number of allylic oxidation sites excluding steroid dienone is 2. The van der Waals surface area contributed by atoms with Gasteiger partial charge < -0.3 is 18.9 Å². The van der Waals surface area contributed by atoms with Crippen molar-refractivity contribution in [2.75, 3.05) is 27.9 Å². The van der Waals surface area contributed by atoms with E-state index in [1.54, 1.807) is 19.1 Å². The lowest BCUT2D eigenvalue weighted by Crippen LogP contribution is -2.38. The molecular formula is C28H30ClNO6.